The van der Waals surface area contributed by atoms with E-state index in [9.17, 15) is 0 Å². The summed E-state index contributed by atoms with van der Waals surface area (Å²) in [6, 6.07) is 15.4. The molecular weight excluding hydrogens is 284 g/mol. The van der Waals surface area contributed by atoms with Gasteiger partial charge in [0.2, 0.25) is 0 Å². The molecule has 1 aromatic carbocycles. The summed E-state index contributed by atoms with van der Waals surface area (Å²) in [7, 11) is 0. The van der Waals surface area contributed by atoms with Gasteiger partial charge in [-0.05, 0) is 29.8 Å². The van der Waals surface area contributed by atoms with E-state index in [-0.39, 0.29) is 0 Å². The van der Waals surface area contributed by atoms with Crippen LogP contribution in [0.3, 0.4) is 0 Å². The van der Waals surface area contributed by atoms with Crippen molar-refractivity contribution >= 4 is 28.2 Å². The molecule has 0 unspecified atom stereocenters. The largest absolute Gasteiger partial charge is 0.323 e. The molecule has 5 heteroatoms. The Kier molecular flexibility index (Phi) is 3.79. The van der Waals surface area contributed by atoms with Crippen LogP contribution in [0.4, 0.5) is 0 Å². The van der Waals surface area contributed by atoms with Gasteiger partial charge in [0.15, 0.2) is 0 Å². The van der Waals surface area contributed by atoms with Gasteiger partial charge in [-0.2, -0.15) is 5.10 Å². The van der Waals surface area contributed by atoms with E-state index in [0.29, 0.717) is 23.0 Å². The topological polar surface area (TPSA) is 64.2 Å². The van der Waals surface area contributed by atoms with Crippen molar-refractivity contribution in [3.63, 3.8) is 0 Å². The number of aromatic nitrogens is 2. The summed E-state index contributed by atoms with van der Waals surface area (Å²) in [6.45, 7) is 0. The first-order valence-corrected chi connectivity index (χ1v) is 6.88. The molecule has 0 aliphatic heterocycles. The quantitative estimate of drug-likeness (QED) is 0.349. The highest BCUT2D eigenvalue weighted by Gasteiger charge is 2.10. The van der Waals surface area contributed by atoms with Crippen molar-refractivity contribution in [1.82, 2.24) is 9.97 Å². The van der Waals surface area contributed by atoms with Gasteiger partial charge in [-0.3, -0.25) is 4.98 Å². The van der Waals surface area contributed by atoms with E-state index in [1.54, 1.807) is 12.3 Å². The number of nitrogens with two attached hydrogens (primary N) is 1. The predicted octanol–water partition coefficient (Wildman–Crippen LogP) is 3.19. The number of pyridine rings is 2. The van der Waals surface area contributed by atoms with Crippen molar-refractivity contribution in [2.45, 2.75) is 6.42 Å². The molecule has 0 spiro atoms. The van der Waals surface area contributed by atoms with Crippen LogP contribution in [-0.4, -0.2) is 15.7 Å². The fraction of sp³-hybridized carbons (Fsp3) is 0.0625. The summed E-state index contributed by atoms with van der Waals surface area (Å²) in [5, 5.41) is 5.39. The van der Waals surface area contributed by atoms with Gasteiger partial charge in [0.1, 0.15) is 5.15 Å². The van der Waals surface area contributed by atoms with Crippen LogP contribution in [0.15, 0.2) is 59.8 Å². The molecule has 104 valence electrons. The van der Waals surface area contributed by atoms with Crippen molar-refractivity contribution in [2.24, 2.45) is 10.9 Å². The SMILES string of the molecule is NN=C(Cc1ccnc2ccccc12)c1cccc(Cl)n1. The summed E-state index contributed by atoms with van der Waals surface area (Å²) in [6.07, 6.45) is 2.37. The Morgan fingerprint density at radius 3 is 2.76 bits per heavy atom. The second-order valence-corrected chi connectivity index (χ2v) is 4.97. The lowest BCUT2D eigenvalue weighted by molar-refractivity contribution is 1.16. The van der Waals surface area contributed by atoms with Gasteiger partial charge in [0, 0.05) is 18.0 Å². The number of halogens is 1. The van der Waals surface area contributed by atoms with Crippen LogP contribution in [0.5, 0.6) is 0 Å². The molecule has 21 heavy (non-hydrogen) atoms. The standard InChI is InChI=1S/C16H13ClN4/c17-16-7-3-6-14(20-16)15(21-18)10-11-8-9-19-13-5-2-1-4-12(11)13/h1-9H,10,18H2. The van der Waals surface area contributed by atoms with Gasteiger partial charge < -0.3 is 5.84 Å². The maximum atomic E-state index is 5.93. The number of benzene rings is 1. The minimum absolute atomic E-state index is 0.424. The molecule has 0 amide bonds. The zero-order chi connectivity index (χ0) is 14.7. The van der Waals surface area contributed by atoms with Crippen LogP contribution in [0.2, 0.25) is 5.15 Å². The van der Waals surface area contributed by atoms with E-state index in [1.165, 1.54) is 0 Å². The summed E-state index contributed by atoms with van der Waals surface area (Å²) >= 11 is 5.93. The third-order valence-electron chi connectivity index (χ3n) is 3.26. The molecule has 2 heterocycles. The number of rotatable bonds is 3. The van der Waals surface area contributed by atoms with E-state index in [1.807, 2.05) is 42.5 Å². The summed E-state index contributed by atoms with van der Waals surface area (Å²) in [5.74, 6) is 5.54. The number of hydrogen-bond acceptors (Lipinski definition) is 4. The van der Waals surface area contributed by atoms with Gasteiger partial charge in [-0.15, -0.1) is 0 Å². The first-order chi connectivity index (χ1) is 10.3. The molecule has 3 rings (SSSR count). The van der Waals surface area contributed by atoms with Crippen molar-refractivity contribution in [1.29, 1.82) is 0 Å². The monoisotopic (exact) mass is 296 g/mol. The Bertz CT molecular complexity index is 809. The molecule has 2 aromatic heterocycles. The van der Waals surface area contributed by atoms with Crippen molar-refractivity contribution < 1.29 is 0 Å². The average molecular weight is 297 g/mol. The molecule has 0 atom stereocenters. The molecule has 0 aliphatic rings. The molecule has 0 bridgehead atoms. The number of hydrazone groups is 1. The maximum Gasteiger partial charge on any atom is 0.129 e. The van der Waals surface area contributed by atoms with Crippen LogP contribution in [0.1, 0.15) is 11.3 Å². The molecule has 0 fully saturated rings. The fourth-order valence-electron chi connectivity index (χ4n) is 2.26. The van der Waals surface area contributed by atoms with Gasteiger partial charge in [-0.25, -0.2) is 4.98 Å². The second kappa shape index (κ2) is 5.89. The van der Waals surface area contributed by atoms with Crippen LogP contribution >= 0.6 is 11.6 Å². The Labute approximate surface area is 127 Å². The van der Waals surface area contributed by atoms with E-state index in [2.05, 4.69) is 15.1 Å². The molecule has 0 saturated carbocycles. The molecule has 3 aromatic rings. The van der Waals surface area contributed by atoms with Gasteiger partial charge >= 0.3 is 0 Å². The lowest BCUT2D eigenvalue weighted by Gasteiger charge is -2.08. The zero-order valence-corrected chi connectivity index (χ0v) is 12.0. The summed E-state index contributed by atoms with van der Waals surface area (Å²) in [4.78, 5) is 8.61. The lowest BCUT2D eigenvalue weighted by Crippen LogP contribution is -2.10. The summed E-state index contributed by atoms with van der Waals surface area (Å²) < 4.78 is 0. The first kappa shape index (κ1) is 13.5. The Balaban J connectivity index is 2.01. The average Bonchev–Trinajstić information content (AvgIpc) is 2.52. The minimum Gasteiger partial charge on any atom is -0.323 e. The Morgan fingerprint density at radius 1 is 1.10 bits per heavy atom. The maximum absolute atomic E-state index is 5.93. The van der Waals surface area contributed by atoms with Gasteiger partial charge in [-0.1, -0.05) is 35.9 Å². The predicted molar refractivity (Wildman–Crippen MR) is 85.4 cm³/mol. The van der Waals surface area contributed by atoms with Gasteiger partial charge in [0.05, 0.1) is 16.9 Å². The second-order valence-electron chi connectivity index (χ2n) is 4.59. The van der Waals surface area contributed by atoms with Crippen LogP contribution in [0.25, 0.3) is 10.9 Å². The van der Waals surface area contributed by atoms with Crippen LogP contribution in [-0.2, 0) is 6.42 Å². The smallest absolute Gasteiger partial charge is 0.129 e. The highest BCUT2D eigenvalue weighted by molar-refractivity contribution is 6.29. The number of nitrogens with zero attached hydrogens (tertiary/aromatic N) is 3. The highest BCUT2D eigenvalue weighted by atomic mass is 35.5. The highest BCUT2D eigenvalue weighted by Crippen LogP contribution is 2.18. The zero-order valence-electron chi connectivity index (χ0n) is 11.2. The molecule has 0 radical (unpaired) electrons. The van der Waals surface area contributed by atoms with E-state index < -0.39 is 0 Å². The molecule has 2 N–H and O–H groups in total. The summed E-state index contributed by atoms with van der Waals surface area (Å²) in [5.41, 5.74) is 3.43. The van der Waals surface area contributed by atoms with Crippen LogP contribution < -0.4 is 5.84 Å². The van der Waals surface area contributed by atoms with Crippen LogP contribution in [0, 0.1) is 0 Å². The van der Waals surface area contributed by atoms with E-state index >= 15 is 0 Å². The Morgan fingerprint density at radius 2 is 1.95 bits per heavy atom. The first-order valence-electron chi connectivity index (χ1n) is 6.50. The molecule has 0 aliphatic carbocycles. The third kappa shape index (κ3) is 2.85. The molecule has 0 saturated heterocycles. The van der Waals surface area contributed by atoms with Crippen molar-refractivity contribution in [3.8, 4) is 0 Å². The van der Waals surface area contributed by atoms with E-state index in [0.717, 1.165) is 16.5 Å². The number of hydrogen-bond donors (Lipinski definition) is 1. The lowest BCUT2D eigenvalue weighted by atomic mass is 10.0. The Hall–Kier alpha value is -2.46. The normalized spacial score (nSPS) is 11.8. The molecular formula is C16H13ClN4. The fourth-order valence-corrected chi connectivity index (χ4v) is 2.42. The number of para-hydroxylation sites is 1. The van der Waals surface area contributed by atoms with Crippen molar-refractivity contribution in [3.05, 3.63) is 71.1 Å². The third-order valence-corrected chi connectivity index (χ3v) is 3.47. The number of fused-ring (bicyclic) bond motifs is 1. The molecule has 4 nitrogen and oxygen atoms in total. The van der Waals surface area contributed by atoms with E-state index in [4.69, 9.17) is 17.4 Å². The minimum atomic E-state index is 0.424. The van der Waals surface area contributed by atoms with Crippen molar-refractivity contribution in [2.75, 3.05) is 0 Å². The van der Waals surface area contributed by atoms with Gasteiger partial charge in [0.25, 0.3) is 0 Å².